The van der Waals surface area contributed by atoms with E-state index in [0.717, 1.165) is 36.1 Å². The molecular formula is C32H42N2O7. The average molecular weight is 567 g/mol. The number of amides is 2. The van der Waals surface area contributed by atoms with Crippen LogP contribution >= 0.6 is 0 Å². The highest BCUT2D eigenvalue weighted by atomic mass is 16.5. The van der Waals surface area contributed by atoms with Gasteiger partial charge in [-0.2, -0.15) is 0 Å². The molecule has 0 unspecified atom stereocenters. The van der Waals surface area contributed by atoms with Gasteiger partial charge in [0, 0.05) is 19.4 Å². The van der Waals surface area contributed by atoms with Crippen molar-refractivity contribution < 1.29 is 33.7 Å². The molecule has 1 aliphatic rings. The minimum Gasteiger partial charge on any atom is -0.489 e. The first-order chi connectivity index (χ1) is 20.0. The van der Waals surface area contributed by atoms with E-state index in [1.807, 2.05) is 66.7 Å². The second kappa shape index (κ2) is 18.6. The molecule has 1 aliphatic heterocycles. The Morgan fingerprint density at radius 3 is 2.59 bits per heavy atom. The van der Waals surface area contributed by atoms with Crippen molar-refractivity contribution in [2.75, 3.05) is 33.0 Å². The normalized spacial score (nSPS) is 18.6. The number of hydrogen-bond donors (Lipinski definition) is 3. The molecule has 0 aromatic heterocycles. The number of aliphatic hydroxyl groups excluding tert-OH is 1. The zero-order valence-corrected chi connectivity index (χ0v) is 23.6. The molecule has 0 bridgehead atoms. The Labute approximate surface area is 242 Å². The number of rotatable bonds is 12. The van der Waals surface area contributed by atoms with Gasteiger partial charge in [0.25, 0.3) is 0 Å². The zero-order chi connectivity index (χ0) is 29.1. The highest BCUT2D eigenvalue weighted by Crippen LogP contribution is 2.17. The highest BCUT2D eigenvalue weighted by Gasteiger charge is 2.24. The van der Waals surface area contributed by atoms with Crippen molar-refractivity contribution in [3.05, 3.63) is 77.9 Å². The molecule has 2 amide bonds. The largest absolute Gasteiger partial charge is 0.489 e. The van der Waals surface area contributed by atoms with Gasteiger partial charge in [0.2, 0.25) is 11.8 Å². The number of carbonyl (C=O) groups is 3. The fraction of sp³-hybridized carbons (Fsp3) is 0.469. The highest BCUT2D eigenvalue weighted by molar-refractivity contribution is 5.86. The number of benzene rings is 2. The molecule has 9 heteroatoms. The summed E-state index contributed by atoms with van der Waals surface area (Å²) < 4.78 is 16.6. The van der Waals surface area contributed by atoms with Gasteiger partial charge < -0.3 is 30.0 Å². The van der Waals surface area contributed by atoms with Gasteiger partial charge in [-0.3, -0.25) is 14.4 Å². The van der Waals surface area contributed by atoms with Gasteiger partial charge >= 0.3 is 5.97 Å². The molecule has 0 aliphatic carbocycles. The molecule has 0 saturated carbocycles. The smallest absolute Gasteiger partial charge is 0.305 e. The summed E-state index contributed by atoms with van der Waals surface area (Å²) in [5.74, 6) is -0.629. The number of esters is 1. The van der Waals surface area contributed by atoms with Gasteiger partial charge in [-0.25, -0.2) is 0 Å². The third-order valence-corrected chi connectivity index (χ3v) is 6.64. The lowest BCUT2D eigenvalue weighted by molar-refractivity contribution is -0.145. The lowest BCUT2D eigenvalue weighted by Gasteiger charge is -2.23. The molecule has 2 aromatic carbocycles. The van der Waals surface area contributed by atoms with Crippen LogP contribution in [0.15, 0.2) is 66.7 Å². The monoisotopic (exact) mass is 566 g/mol. The minimum atomic E-state index is -0.570. The van der Waals surface area contributed by atoms with E-state index >= 15 is 0 Å². The molecular weight excluding hydrogens is 524 g/mol. The Hall–Kier alpha value is -3.69. The van der Waals surface area contributed by atoms with Crippen molar-refractivity contribution in [1.82, 2.24) is 10.6 Å². The molecule has 0 spiro atoms. The molecule has 3 rings (SSSR count). The van der Waals surface area contributed by atoms with Crippen molar-refractivity contribution in [3.8, 4) is 5.75 Å². The standard InChI is InChI=1S/C32H42N2O7/c35-18-20-39-19-17-33-30(36)22-27-11-7-2-1-3-8-12-31(37)41-24-28(34-32(27)38)21-25-13-15-29(16-14-25)40-23-26-9-5-4-6-10-26/h2,4-7,9-10,13-16,27-28,35H,1,3,8,11-12,17-24H2,(H,33,36)(H,34,38)/t27-,28+/m1/s1. The Balaban J connectivity index is 1.62. The Bertz CT molecular complexity index is 1090. The summed E-state index contributed by atoms with van der Waals surface area (Å²) in [5, 5.41) is 14.6. The maximum atomic E-state index is 13.4. The Morgan fingerprint density at radius 2 is 1.80 bits per heavy atom. The van der Waals surface area contributed by atoms with E-state index in [2.05, 4.69) is 10.6 Å². The molecule has 9 nitrogen and oxygen atoms in total. The number of ether oxygens (including phenoxy) is 3. The van der Waals surface area contributed by atoms with Crippen molar-refractivity contribution in [2.24, 2.45) is 5.92 Å². The summed E-state index contributed by atoms with van der Waals surface area (Å²) in [4.78, 5) is 38.2. The number of aliphatic hydroxyl groups is 1. The molecule has 222 valence electrons. The molecule has 2 atom stereocenters. The second-order valence-corrected chi connectivity index (χ2v) is 10.1. The van der Waals surface area contributed by atoms with Crippen LogP contribution in [0.1, 0.15) is 49.7 Å². The summed E-state index contributed by atoms with van der Waals surface area (Å²) in [7, 11) is 0. The van der Waals surface area contributed by atoms with Crippen LogP contribution in [0.25, 0.3) is 0 Å². The topological polar surface area (TPSA) is 123 Å². The first-order valence-electron chi connectivity index (χ1n) is 14.4. The van der Waals surface area contributed by atoms with Crippen molar-refractivity contribution in [1.29, 1.82) is 0 Å². The number of nitrogens with one attached hydrogen (secondary N) is 2. The second-order valence-electron chi connectivity index (χ2n) is 10.1. The SMILES string of the molecule is O=C(C[C@H]1CC=CCCCCC(=O)OC[C@H](Cc2ccc(OCc3ccccc3)cc2)NC1=O)NCCOCCO. The summed E-state index contributed by atoms with van der Waals surface area (Å²) in [6.07, 6.45) is 7.56. The van der Waals surface area contributed by atoms with Crippen LogP contribution in [-0.2, 0) is 36.9 Å². The van der Waals surface area contributed by atoms with E-state index in [-0.39, 0.29) is 50.6 Å². The predicted octanol–water partition coefficient (Wildman–Crippen LogP) is 3.49. The molecule has 1 heterocycles. The van der Waals surface area contributed by atoms with Crippen LogP contribution in [-0.4, -0.2) is 61.9 Å². The first-order valence-corrected chi connectivity index (χ1v) is 14.4. The number of carbonyl (C=O) groups excluding carboxylic acids is 3. The van der Waals surface area contributed by atoms with E-state index in [1.54, 1.807) is 0 Å². The van der Waals surface area contributed by atoms with E-state index in [9.17, 15) is 14.4 Å². The summed E-state index contributed by atoms with van der Waals surface area (Å²) in [5.41, 5.74) is 2.03. The quantitative estimate of drug-likeness (QED) is 0.204. The van der Waals surface area contributed by atoms with Crippen LogP contribution in [0.4, 0.5) is 0 Å². The fourth-order valence-corrected chi connectivity index (χ4v) is 4.40. The average Bonchev–Trinajstić information content (AvgIpc) is 2.98. The zero-order valence-electron chi connectivity index (χ0n) is 23.6. The summed E-state index contributed by atoms with van der Waals surface area (Å²) in [6, 6.07) is 17.1. The van der Waals surface area contributed by atoms with Gasteiger partial charge in [-0.15, -0.1) is 0 Å². The van der Waals surface area contributed by atoms with Crippen molar-refractivity contribution in [3.63, 3.8) is 0 Å². The van der Waals surface area contributed by atoms with Crippen LogP contribution in [0.5, 0.6) is 5.75 Å². The minimum absolute atomic E-state index is 0.0239. The van der Waals surface area contributed by atoms with Crippen LogP contribution in [0.3, 0.4) is 0 Å². The molecule has 0 fully saturated rings. The maximum Gasteiger partial charge on any atom is 0.305 e. The van der Waals surface area contributed by atoms with Gasteiger partial charge in [-0.1, -0.05) is 54.6 Å². The number of cyclic esters (lactones) is 1. The number of hydrogen-bond acceptors (Lipinski definition) is 7. The van der Waals surface area contributed by atoms with Crippen LogP contribution in [0, 0.1) is 5.92 Å². The molecule has 41 heavy (non-hydrogen) atoms. The molecule has 2 aromatic rings. The van der Waals surface area contributed by atoms with E-state index in [4.69, 9.17) is 19.3 Å². The van der Waals surface area contributed by atoms with Crippen LogP contribution < -0.4 is 15.4 Å². The van der Waals surface area contributed by atoms with Gasteiger partial charge in [0.1, 0.15) is 19.0 Å². The third-order valence-electron chi connectivity index (χ3n) is 6.64. The molecule has 3 N–H and O–H groups in total. The fourth-order valence-electron chi connectivity index (χ4n) is 4.40. The Kier molecular flexibility index (Phi) is 14.5. The molecule has 0 radical (unpaired) electrons. The van der Waals surface area contributed by atoms with Crippen LogP contribution in [0.2, 0.25) is 0 Å². The van der Waals surface area contributed by atoms with E-state index in [1.165, 1.54) is 0 Å². The maximum absolute atomic E-state index is 13.4. The molecule has 0 saturated heterocycles. The lowest BCUT2D eigenvalue weighted by atomic mass is 9.97. The van der Waals surface area contributed by atoms with Crippen molar-refractivity contribution >= 4 is 17.8 Å². The predicted molar refractivity (Wildman–Crippen MR) is 155 cm³/mol. The van der Waals surface area contributed by atoms with E-state index < -0.39 is 12.0 Å². The first kappa shape index (κ1) is 31.8. The lowest BCUT2D eigenvalue weighted by Crippen LogP contribution is -2.44. The number of allylic oxidation sites excluding steroid dienone is 2. The van der Waals surface area contributed by atoms with Gasteiger partial charge in [-0.05, 0) is 55.4 Å². The summed E-state index contributed by atoms with van der Waals surface area (Å²) in [6.45, 7) is 1.23. The summed E-state index contributed by atoms with van der Waals surface area (Å²) >= 11 is 0. The van der Waals surface area contributed by atoms with Gasteiger partial charge in [0.05, 0.1) is 31.8 Å². The van der Waals surface area contributed by atoms with E-state index in [0.29, 0.717) is 32.4 Å². The third kappa shape index (κ3) is 13.0. The van der Waals surface area contributed by atoms with Gasteiger partial charge in [0.15, 0.2) is 0 Å². The Morgan fingerprint density at radius 1 is 1.00 bits per heavy atom. The van der Waals surface area contributed by atoms with Crippen molar-refractivity contribution in [2.45, 2.75) is 57.6 Å².